The standard InChI is InChI=1S/C19H28N2O/c1-13(16-6-4-3-5-7-16)14(2)20-19(22)12-15-10-17-8-9-18(11-15)21-17/h3-7,13-15,17-18,21H,8-12H2,1-2H3,(H,20,22). The summed E-state index contributed by atoms with van der Waals surface area (Å²) in [5, 5.41) is 6.86. The lowest BCUT2D eigenvalue weighted by Crippen LogP contribution is -2.41. The highest BCUT2D eigenvalue weighted by atomic mass is 16.1. The average Bonchev–Trinajstić information content (AvgIpc) is 2.86. The summed E-state index contributed by atoms with van der Waals surface area (Å²) < 4.78 is 0. The lowest BCUT2D eigenvalue weighted by atomic mass is 9.89. The fourth-order valence-corrected chi connectivity index (χ4v) is 4.09. The first-order valence-electron chi connectivity index (χ1n) is 8.72. The highest BCUT2D eigenvalue weighted by Gasteiger charge is 2.34. The van der Waals surface area contributed by atoms with Crippen LogP contribution in [0.3, 0.4) is 0 Å². The number of hydrogen-bond acceptors (Lipinski definition) is 2. The lowest BCUT2D eigenvalue weighted by molar-refractivity contribution is -0.123. The maximum atomic E-state index is 12.4. The molecule has 4 atom stereocenters. The van der Waals surface area contributed by atoms with Crippen LogP contribution in [0.5, 0.6) is 0 Å². The van der Waals surface area contributed by atoms with E-state index >= 15 is 0 Å². The quantitative estimate of drug-likeness (QED) is 0.876. The van der Waals surface area contributed by atoms with Gasteiger partial charge in [-0.2, -0.15) is 0 Å². The Hall–Kier alpha value is -1.35. The maximum absolute atomic E-state index is 12.4. The second kappa shape index (κ2) is 6.82. The smallest absolute Gasteiger partial charge is 0.220 e. The van der Waals surface area contributed by atoms with Gasteiger partial charge in [0, 0.05) is 30.5 Å². The van der Waals surface area contributed by atoms with Gasteiger partial charge in [-0.3, -0.25) is 4.79 Å². The van der Waals surface area contributed by atoms with Gasteiger partial charge in [0.25, 0.3) is 0 Å². The predicted octanol–water partition coefficient (Wildman–Crippen LogP) is 3.22. The molecule has 2 saturated heterocycles. The Labute approximate surface area is 133 Å². The van der Waals surface area contributed by atoms with E-state index in [1.165, 1.54) is 31.2 Å². The van der Waals surface area contributed by atoms with Crippen molar-refractivity contribution in [3.05, 3.63) is 35.9 Å². The molecule has 120 valence electrons. The molecule has 2 N–H and O–H groups in total. The molecule has 0 spiro atoms. The molecular formula is C19H28N2O. The van der Waals surface area contributed by atoms with Gasteiger partial charge in [-0.25, -0.2) is 0 Å². The Bertz CT molecular complexity index is 489. The summed E-state index contributed by atoms with van der Waals surface area (Å²) in [6.07, 6.45) is 5.63. The highest BCUT2D eigenvalue weighted by Crippen LogP contribution is 2.32. The molecule has 1 aromatic rings. The topological polar surface area (TPSA) is 41.1 Å². The summed E-state index contributed by atoms with van der Waals surface area (Å²) in [5.41, 5.74) is 1.29. The molecule has 2 fully saturated rings. The maximum Gasteiger partial charge on any atom is 0.220 e. The van der Waals surface area contributed by atoms with E-state index in [9.17, 15) is 4.79 Å². The monoisotopic (exact) mass is 300 g/mol. The van der Waals surface area contributed by atoms with Gasteiger partial charge in [0.05, 0.1) is 0 Å². The Balaban J connectivity index is 1.49. The Morgan fingerprint density at radius 1 is 1.18 bits per heavy atom. The van der Waals surface area contributed by atoms with E-state index in [1.54, 1.807) is 0 Å². The van der Waals surface area contributed by atoms with Crippen molar-refractivity contribution in [3.63, 3.8) is 0 Å². The Morgan fingerprint density at radius 2 is 1.82 bits per heavy atom. The molecule has 2 bridgehead atoms. The zero-order chi connectivity index (χ0) is 15.5. The molecule has 2 heterocycles. The molecule has 0 radical (unpaired) electrons. The van der Waals surface area contributed by atoms with Gasteiger partial charge in [0.2, 0.25) is 5.91 Å². The van der Waals surface area contributed by atoms with E-state index in [-0.39, 0.29) is 11.9 Å². The van der Waals surface area contributed by atoms with Crippen molar-refractivity contribution in [2.75, 3.05) is 0 Å². The number of piperidine rings is 1. The van der Waals surface area contributed by atoms with Crippen molar-refractivity contribution in [2.24, 2.45) is 5.92 Å². The van der Waals surface area contributed by atoms with Crippen LogP contribution in [0.2, 0.25) is 0 Å². The molecule has 1 aromatic carbocycles. The van der Waals surface area contributed by atoms with Crippen molar-refractivity contribution in [1.29, 1.82) is 0 Å². The first kappa shape index (κ1) is 15.5. The van der Waals surface area contributed by atoms with Crippen LogP contribution in [0.4, 0.5) is 0 Å². The van der Waals surface area contributed by atoms with E-state index in [4.69, 9.17) is 0 Å². The molecule has 0 aromatic heterocycles. The van der Waals surface area contributed by atoms with Gasteiger partial charge in [-0.1, -0.05) is 37.3 Å². The highest BCUT2D eigenvalue weighted by molar-refractivity contribution is 5.76. The predicted molar refractivity (Wildman–Crippen MR) is 89.7 cm³/mol. The van der Waals surface area contributed by atoms with Gasteiger partial charge in [-0.15, -0.1) is 0 Å². The van der Waals surface area contributed by atoms with E-state index in [0.29, 0.717) is 30.3 Å². The molecule has 3 rings (SSSR count). The van der Waals surface area contributed by atoms with E-state index in [0.717, 1.165) is 0 Å². The zero-order valence-corrected chi connectivity index (χ0v) is 13.7. The fraction of sp³-hybridized carbons (Fsp3) is 0.632. The summed E-state index contributed by atoms with van der Waals surface area (Å²) in [6, 6.07) is 11.9. The van der Waals surface area contributed by atoms with E-state index < -0.39 is 0 Å². The van der Waals surface area contributed by atoms with Gasteiger partial charge in [-0.05, 0) is 44.1 Å². The molecule has 4 unspecified atom stereocenters. The second-order valence-electron chi connectivity index (χ2n) is 7.23. The van der Waals surface area contributed by atoms with Crippen molar-refractivity contribution in [3.8, 4) is 0 Å². The third-order valence-corrected chi connectivity index (χ3v) is 5.51. The van der Waals surface area contributed by atoms with Crippen molar-refractivity contribution in [1.82, 2.24) is 10.6 Å². The van der Waals surface area contributed by atoms with Crippen molar-refractivity contribution >= 4 is 5.91 Å². The molecule has 22 heavy (non-hydrogen) atoms. The van der Waals surface area contributed by atoms with Gasteiger partial charge >= 0.3 is 0 Å². The van der Waals surface area contributed by atoms with E-state index in [1.807, 2.05) is 6.07 Å². The summed E-state index contributed by atoms with van der Waals surface area (Å²) in [7, 11) is 0. The molecule has 1 amide bonds. The molecule has 2 aliphatic heterocycles. The van der Waals surface area contributed by atoms with Gasteiger partial charge < -0.3 is 10.6 Å². The molecule has 3 nitrogen and oxygen atoms in total. The van der Waals surface area contributed by atoms with Gasteiger partial charge in [0.15, 0.2) is 0 Å². The second-order valence-corrected chi connectivity index (χ2v) is 7.23. The minimum atomic E-state index is 0.174. The van der Waals surface area contributed by atoms with Crippen molar-refractivity contribution < 1.29 is 4.79 Å². The SMILES string of the molecule is CC(NC(=O)CC1CC2CCC(C1)N2)C(C)c1ccccc1. The van der Waals surface area contributed by atoms with Crippen LogP contribution in [0.15, 0.2) is 30.3 Å². The summed E-state index contributed by atoms with van der Waals surface area (Å²) in [4.78, 5) is 12.4. The van der Waals surface area contributed by atoms with Crippen LogP contribution in [-0.2, 0) is 4.79 Å². The average molecular weight is 300 g/mol. The molecule has 0 aliphatic carbocycles. The summed E-state index contributed by atoms with van der Waals surface area (Å²) in [5.74, 6) is 1.13. The number of fused-ring (bicyclic) bond motifs is 2. The number of carbonyl (C=O) groups is 1. The number of hydrogen-bond donors (Lipinski definition) is 2. The van der Waals surface area contributed by atoms with Crippen LogP contribution in [0.25, 0.3) is 0 Å². The Kier molecular flexibility index (Phi) is 4.82. The van der Waals surface area contributed by atoms with E-state index in [2.05, 4.69) is 48.7 Å². The minimum absolute atomic E-state index is 0.174. The summed E-state index contributed by atoms with van der Waals surface area (Å²) >= 11 is 0. The first-order valence-corrected chi connectivity index (χ1v) is 8.72. The largest absolute Gasteiger partial charge is 0.353 e. The van der Waals surface area contributed by atoms with Gasteiger partial charge in [0.1, 0.15) is 0 Å². The van der Waals surface area contributed by atoms with Crippen LogP contribution in [-0.4, -0.2) is 24.0 Å². The zero-order valence-electron chi connectivity index (χ0n) is 13.7. The van der Waals surface area contributed by atoms with Crippen LogP contribution in [0, 0.1) is 5.92 Å². The lowest BCUT2D eigenvalue weighted by Gasteiger charge is -2.29. The number of carbonyl (C=O) groups excluding carboxylic acids is 1. The van der Waals surface area contributed by atoms with Crippen molar-refractivity contribution in [2.45, 2.75) is 70.0 Å². The Morgan fingerprint density at radius 3 is 2.45 bits per heavy atom. The first-order chi connectivity index (χ1) is 10.6. The normalized spacial score (nSPS) is 29.8. The number of amides is 1. The number of rotatable bonds is 5. The molecular weight excluding hydrogens is 272 g/mol. The molecule has 3 heteroatoms. The number of benzene rings is 1. The fourth-order valence-electron chi connectivity index (χ4n) is 4.09. The van der Waals surface area contributed by atoms with Crippen LogP contribution < -0.4 is 10.6 Å². The van der Waals surface area contributed by atoms with Crippen LogP contribution in [0.1, 0.15) is 57.4 Å². The van der Waals surface area contributed by atoms with Crippen LogP contribution >= 0.6 is 0 Å². The molecule has 0 saturated carbocycles. The number of nitrogens with one attached hydrogen (secondary N) is 2. The minimum Gasteiger partial charge on any atom is -0.353 e. The molecule has 2 aliphatic rings. The third kappa shape index (κ3) is 3.70. The third-order valence-electron chi connectivity index (χ3n) is 5.51. The summed E-state index contributed by atoms with van der Waals surface area (Å²) in [6.45, 7) is 4.30.